The fourth-order valence-corrected chi connectivity index (χ4v) is 3.08. The van der Waals surface area contributed by atoms with Crippen LogP contribution in [-0.4, -0.2) is 9.55 Å². The first kappa shape index (κ1) is 14.1. The molecule has 21 heavy (non-hydrogen) atoms. The Morgan fingerprint density at radius 2 is 1.86 bits per heavy atom. The average molecular weight is 321 g/mol. The molecule has 2 nitrogen and oxygen atoms in total. The van der Waals surface area contributed by atoms with Crippen molar-refractivity contribution < 1.29 is 4.39 Å². The Morgan fingerprint density at radius 3 is 2.67 bits per heavy atom. The molecule has 5 heteroatoms. The molecule has 106 valence electrons. The maximum absolute atomic E-state index is 13.5. The molecule has 0 aliphatic carbocycles. The fraction of sp³-hybridized carbons (Fsp3) is 0.0625. The van der Waals surface area contributed by atoms with Crippen molar-refractivity contribution in [2.75, 3.05) is 0 Å². The number of hydrogen-bond acceptors (Lipinski definition) is 1. The summed E-state index contributed by atoms with van der Waals surface area (Å²) in [7, 11) is 1.95. The van der Waals surface area contributed by atoms with Gasteiger partial charge in [0.15, 0.2) is 0 Å². The molecule has 4 rings (SSSR count). The van der Waals surface area contributed by atoms with Crippen molar-refractivity contribution in [1.29, 1.82) is 0 Å². The third-order valence-electron chi connectivity index (χ3n) is 3.72. The van der Waals surface area contributed by atoms with E-state index < -0.39 is 0 Å². The van der Waals surface area contributed by atoms with Gasteiger partial charge in [-0.05, 0) is 24.3 Å². The van der Waals surface area contributed by atoms with Crippen LogP contribution in [0.4, 0.5) is 4.39 Å². The lowest BCUT2D eigenvalue weighted by atomic mass is 10.1. The second-order valence-corrected chi connectivity index (χ2v) is 5.24. The predicted molar refractivity (Wildman–Crippen MR) is 87.1 cm³/mol. The second kappa shape index (κ2) is 4.86. The Balaban J connectivity index is 0.00000132. The van der Waals surface area contributed by atoms with Gasteiger partial charge in [0.25, 0.3) is 0 Å². The average Bonchev–Trinajstić information content (AvgIpc) is 2.84. The van der Waals surface area contributed by atoms with Gasteiger partial charge in [-0.2, -0.15) is 0 Å². The molecule has 0 radical (unpaired) electrons. The first-order valence-corrected chi connectivity index (χ1v) is 6.66. The van der Waals surface area contributed by atoms with Crippen LogP contribution < -0.4 is 0 Å². The number of aryl methyl sites for hydroxylation is 1. The van der Waals surface area contributed by atoms with Crippen molar-refractivity contribution in [3.8, 4) is 11.4 Å². The van der Waals surface area contributed by atoms with E-state index in [1.165, 1.54) is 12.1 Å². The lowest BCUT2D eigenvalue weighted by Gasteiger charge is -2.14. The predicted octanol–water partition coefficient (Wildman–Crippen LogP) is 5.05. The number of hydrogen-bond donors (Lipinski definition) is 0. The highest BCUT2D eigenvalue weighted by molar-refractivity contribution is 6.38. The fourth-order valence-electron chi connectivity index (χ4n) is 2.79. The van der Waals surface area contributed by atoms with Crippen molar-refractivity contribution in [2.24, 2.45) is 7.05 Å². The zero-order valence-corrected chi connectivity index (χ0v) is 12.7. The summed E-state index contributed by atoms with van der Waals surface area (Å²) < 4.78 is 15.5. The van der Waals surface area contributed by atoms with Crippen LogP contribution in [0.3, 0.4) is 0 Å². The van der Waals surface area contributed by atoms with Gasteiger partial charge >= 0.3 is 0 Å². The van der Waals surface area contributed by atoms with Crippen LogP contribution in [0.15, 0.2) is 42.5 Å². The van der Waals surface area contributed by atoms with Crippen LogP contribution in [0.2, 0.25) is 5.02 Å². The summed E-state index contributed by atoms with van der Waals surface area (Å²) in [6, 6.07) is 12.5. The molecule has 0 spiro atoms. The summed E-state index contributed by atoms with van der Waals surface area (Å²) >= 11 is 6.49. The Morgan fingerprint density at radius 1 is 1.10 bits per heavy atom. The summed E-state index contributed by atoms with van der Waals surface area (Å²) in [6.07, 6.45) is 0. The van der Waals surface area contributed by atoms with Gasteiger partial charge in [-0.3, -0.25) is 0 Å². The van der Waals surface area contributed by atoms with Gasteiger partial charge in [0.1, 0.15) is 11.5 Å². The van der Waals surface area contributed by atoms with Gasteiger partial charge in [0.05, 0.1) is 16.2 Å². The molecule has 2 aliphatic rings. The van der Waals surface area contributed by atoms with Crippen molar-refractivity contribution in [3.63, 3.8) is 0 Å². The minimum absolute atomic E-state index is 0. The Bertz CT molecular complexity index is 946. The number of fused-ring (bicyclic) bond motifs is 4. The van der Waals surface area contributed by atoms with Gasteiger partial charge in [0, 0.05) is 23.3 Å². The number of para-hydroxylation sites is 1. The summed E-state index contributed by atoms with van der Waals surface area (Å²) in [5.41, 5.74) is 3.34. The van der Waals surface area contributed by atoms with Gasteiger partial charge in [-0.25, -0.2) is 9.37 Å². The zero-order chi connectivity index (χ0) is 13.9. The van der Waals surface area contributed by atoms with Crippen LogP contribution in [0.5, 0.6) is 0 Å². The molecule has 0 unspecified atom stereocenters. The summed E-state index contributed by atoms with van der Waals surface area (Å²) in [5.74, 6) is -0.268. The van der Waals surface area contributed by atoms with E-state index in [2.05, 4.69) is 4.98 Å². The first-order chi connectivity index (χ1) is 9.66. The maximum atomic E-state index is 13.5. The molecule has 0 amide bonds. The monoisotopic (exact) mass is 320 g/mol. The van der Waals surface area contributed by atoms with E-state index in [0.717, 1.165) is 27.5 Å². The van der Waals surface area contributed by atoms with Crippen LogP contribution >= 0.6 is 24.0 Å². The smallest absolute Gasteiger partial charge is 0.124 e. The van der Waals surface area contributed by atoms with Crippen LogP contribution in [0, 0.1) is 5.82 Å². The standard InChI is InChI=1S/C16H10ClFN2.ClH/c1-20-13-5-3-2-4-10(13)14(17)15-16(20)11-8-9(18)6-7-12(11)19-15;/h2-8H,1H3;1H. The largest absolute Gasteiger partial charge is 0.342 e. The molecule has 2 aromatic rings. The number of halogens is 3. The first-order valence-electron chi connectivity index (χ1n) is 6.28. The third kappa shape index (κ3) is 1.88. The summed E-state index contributed by atoms with van der Waals surface area (Å²) in [5, 5.41) is 2.35. The molecular formula is C16H11Cl2FN2. The lowest BCUT2D eigenvalue weighted by molar-refractivity contribution is 0.629. The van der Waals surface area contributed by atoms with Gasteiger partial charge in [-0.1, -0.05) is 29.8 Å². The highest BCUT2D eigenvalue weighted by Gasteiger charge is 2.21. The van der Waals surface area contributed by atoms with Crippen LogP contribution in [-0.2, 0) is 7.05 Å². The van der Waals surface area contributed by atoms with Crippen molar-refractivity contribution in [1.82, 2.24) is 9.55 Å². The molecule has 0 saturated heterocycles. The SMILES string of the molecule is Cl.Cn1c2c3cc(F)ccc3nc-2c(Cl)c2ccccc21. The topological polar surface area (TPSA) is 17.8 Å². The van der Waals surface area contributed by atoms with Crippen molar-refractivity contribution in [2.45, 2.75) is 0 Å². The number of benzene rings is 2. The normalized spacial score (nSPS) is 11.2. The number of nitrogens with zero attached hydrogens (tertiary/aromatic N) is 2. The Hall–Kier alpha value is -1.84. The van der Waals surface area contributed by atoms with E-state index in [1.54, 1.807) is 6.07 Å². The zero-order valence-electron chi connectivity index (χ0n) is 11.1. The molecule has 0 bridgehead atoms. The second-order valence-electron chi connectivity index (χ2n) is 4.86. The third-order valence-corrected chi connectivity index (χ3v) is 4.10. The molecule has 0 saturated carbocycles. The number of aromatic nitrogens is 2. The highest BCUT2D eigenvalue weighted by atomic mass is 35.5. The summed E-state index contributed by atoms with van der Waals surface area (Å²) in [4.78, 5) is 4.55. The lowest BCUT2D eigenvalue weighted by Crippen LogP contribution is -1.99. The number of rotatable bonds is 0. The van der Waals surface area contributed by atoms with Crippen molar-refractivity contribution in [3.05, 3.63) is 53.3 Å². The molecule has 0 atom stereocenters. The van der Waals surface area contributed by atoms with Gasteiger partial charge in [0.2, 0.25) is 0 Å². The molecule has 2 aliphatic heterocycles. The quantitative estimate of drug-likeness (QED) is 0.443. The molecule has 2 heterocycles. The molecule has 0 N–H and O–H groups in total. The van der Waals surface area contributed by atoms with E-state index in [4.69, 9.17) is 11.6 Å². The minimum atomic E-state index is -0.268. The van der Waals surface area contributed by atoms with Gasteiger partial charge in [-0.15, -0.1) is 12.4 Å². The Labute approximate surface area is 131 Å². The summed E-state index contributed by atoms with van der Waals surface area (Å²) in [6.45, 7) is 0. The van der Waals surface area contributed by atoms with E-state index in [-0.39, 0.29) is 18.2 Å². The number of pyridine rings is 1. The Kier molecular flexibility index (Phi) is 3.27. The van der Waals surface area contributed by atoms with Crippen molar-refractivity contribution >= 4 is 45.8 Å². The molecule has 2 aromatic carbocycles. The highest BCUT2D eigenvalue weighted by Crippen LogP contribution is 2.40. The van der Waals surface area contributed by atoms with E-state index in [0.29, 0.717) is 10.7 Å². The minimum Gasteiger partial charge on any atom is -0.342 e. The van der Waals surface area contributed by atoms with Crippen LogP contribution in [0.1, 0.15) is 0 Å². The maximum Gasteiger partial charge on any atom is 0.124 e. The van der Waals surface area contributed by atoms with E-state index in [1.807, 2.05) is 35.9 Å². The molecule has 0 fully saturated rings. The molecular weight excluding hydrogens is 310 g/mol. The van der Waals surface area contributed by atoms with E-state index in [9.17, 15) is 4.39 Å². The van der Waals surface area contributed by atoms with E-state index >= 15 is 0 Å². The van der Waals surface area contributed by atoms with Crippen LogP contribution in [0.25, 0.3) is 33.2 Å². The molecule has 0 aromatic heterocycles. The van der Waals surface area contributed by atoms with Gasteiger partial charge < -0.3 is 4.57 Å².